The van der Waals surface area contributed by atoms with Crippen molar-refractivity contribution < 1.29 is 13.6 Å². The van der Waals surface area contributed by atoms with E-state index in [0.29, 0.717) is 17.7 Å². The Morgan fingerprint density at radius 3 is 2.61 bits per heavy atom. The lowest BCUT2D eigenvalue weighted by Crippen LogP contribution is -2.40. The van der Waals surface area contributed by atoms with Crippen LogP contribution in [0.4, 0.5) is 14.5 Å². The molecular weight excluding hydrogens is 442 g/mol. The molecule has 1 aromatic heterocycles. The van der Waals surface area contributed by atoms with Crippen molar-refractivity contribution >= 4 is 34.5 Å². The summed E-state index contributed by atoms with van der Waals surface area (Å²) in [6, 6.07) is 11.0. The van der Waals surface area contributed by atoms with Crippen LogP contribution in [0.25, 0.3) is 11.1 Å². The summed E-state index contributed by atoms with van der Waals surface area (Å²) in [4.78, 5) is 13.4. The largest absolute Gasteiger partial charge is 0.325 e. The molecule has 0 aliphatic rings. The minimum absolute atomic E-state index is 0.0128. The standard InChI is InChI=1S/C22H19ClF2N4OS/c1-28-20(22(30)29-15-4-5-17(24)16(23)8-15)9-19(27)21-7-14(11-31-21)12-2-3-13(10-26)18(25)6-12/h2-8,11,19-20,28H,9,27H2,1H3,(H,29,30)/t19-,20+/m0/s1. The zero-order valence-corrected chi connectivity index (χ0v) is 18.0. The number of rotatable bonds is 7. The fraction of sp³-hybridized carbons (Fsp3) is 0.182. The van der Waals surface area contributed by atoms with Crippen LogP contribution in [0.5, 0.6) is 0 Å². The Labute approximate surface area is 187 Å². The normalized spacial score (nSPS) is 12.8. The van der Waals surface area contributed by atoms with Gasteiger partial charge in [-0.25, -0.2) is 8.78 Å². The Morgan fingerprint density at radius 1 is 1.19 bits per heavy atom. The highest BCUT2D eigenvalue weighted by Crippen LogP contribution is 2.31. The van der Waals surface area contributed by atoms with Crippen LogP contribution in [0.15, 0.2) is 47.8 Å². The van der Waals surface area contributed by atoms with Gasteiger partial charge in [0.05, 0.1) is 16.6 Å². The van der Waals surface area contributed by atoms with E-state index < -0.39 is 23.7 Å². The number of carbonyl (C=O) groups excluding carboxylic acids is 1. The van der Waals surface area contributed by atoms with E-state index in [9.17, 15) is 13.6 Å². The molecule has 1 heterocycles. The molecule has 0 fully saturated rings. The Balaban J connectivity index is 1.68. The number of hydrogen-bond donors (Lipinski definition) is 3. The summed E-state index contributed by atoms with van der Waals surface area (Å²) in [5.74, 6) is -1.47. The van der Waals surface area contributed by atoms with Crippen molar-refractivity contribution in [3.05, 3.63) is 74.9 Å². The molecule has 4 N–H and O–H groups in total. The monoisotopic (exact) mass is 460 g/mol. The Morgan fingerprint density at radius 2 is 1.97 bits per heavy atom. The summed E-state index contributed by atoms with van der Waals surface area (Å²) < 4.78 is 27.2. The third-order valence-corrected chi connectivity index (χ3v) is 6.10. The van der Waals surface area contributed by atoms with Gasteiger partial charge in [0.1, 0.15) is 17.7 Å². The first-order valence-electron chi connectivity index (χ1n) is 9.29. The molecule has 2 aromatic carbocycles. The Hall–Kier alpha value is -2.83. The van der Waals surface area contributed by atoms with Crippen molar-refractivity contribution in [3.63, 3.8) is 0 Å². The first-order valence-corrected chi connectivity index (χ1v) is 10.6. The second kappa shape index (κ2) is 9.98. The first kappa shape index (κ1) is 22.8. The minimum Gasteiger partial charge on any atom is -0.325 e. The van der Waals surface area contributed by atoms with Gasteiger partial charge in [0.15, 0.2) is 0 Å². The first-order chi connectivity index (χ1) is 14.8. The number of amides is 1. The third kappa shape index (κ3) is 5.46. The van der Waals surface area contributed by atoms with Crippen molar-refractivity contribution in [2.75, 3.05) is 12.4 Å². The molecular formula is C22H19ClF2N4OS. The molecule has 2 atom stereocenters. The van der Waals surface area contributed by atoms with Crippen molar-refractivity contribution in [1.82, 2.24) is 5.32 Å². The van der Waals surface area contributed by atoms with Gasteiger partial charge in [-0.05, 0) is 66.4 Å². The van der Waals surface area contributed by atoms with Crippen LogP contribution in [0, 0.1) is 23.0 Å². The van der Waals surface area contributed by atoms with Crippen molar-refractivity contribution in [2.24, 2.45) is 5.73 Å². The predicted octanol–water partition coefficient (Wildman–Crippen LogP) is 4.83. The molecule has 0 saturated heterocycles. The fourth-order valence-corrected chi connectivity index (χ4v) is 4.13. The van der Waals surface area contributed by atoms with Crippen LogP contribution in [0.3, 0.4) is 0 Å². The van der Waals surface area contributed by atoms with Gasteiger partial charge in [0.25, 0.3) is 0 Å². The quantitative estimate of drug-likeness (QED) is 0.470. The zero-order chi connectivity index (χ0) is 22.5. The van der Waals surface area contributed by atoms with E-state index in [1.807, 2.05) is 11.4 Å². The second-order valence-corrected chi connectivity index (χ2v) is 8.20. The molecule has 0 unspecified atom stereocenters. The molecule has 31 heavy (non-hydrogen) atoms. The number of anilines is 1. The van der Waals surface area contributed by atoms with Crippen LogP contribution in [0.1, 0.15) is 22.9 Å². The molecule has 0 spiro atoms. The van der Waals surface area contributed by atoms with Crippen molar-refractivity contribution in [1.29, 1.82) is 5.26 Å². The highest BCUT2D eigenvalue weighted by molar-refractivity contribution is 7.10. The summed E-state index contributed by atoms with van der Waals surface area (Å²) in [5.41, 5.74) is 8.11. The van der Waals surface area contributed by atoms with Gasteiger partial charge >= 0.3 is 0 Å². The maximum absolute atomic E-state index is 13.9. The van der Waals surface area contributed by atoms with Crippen LogP contribution in [-0.4, -0.2) is 19.0 Å². The smallest absolute Gasteiger partial charge is 0.241 e. The van der Waals surface area contributed by atoms with Crippen LogP contribution >= 0.6 is 22.9 Å². The highest BCUT2D eigenvalue weighted by Gasteiger charge is 2.22. The van der Waals surface area contributed by atoms with Gasteiger partial charge in [-0.15, -0.1) is 11.3 Å². The topological polar surface area (TPSA) is 90.9 Å². The molecule has 0 aliphatic carbocycles. The zero-order valence-electron chi connectivity index (χ0n) is 16.5. The summed E-state index contributed by atoms with van der Waals surface area (Å²) in [6.07, 6.45) is 0.305. The van der Waals surface area contributed by atoms with E-state index in [1.165, 1.54) is 41.7 Å². The molecule has 9 heteroatoms. The number of nitrogens with one attached hydrogen (secondary N) is 2. The lowest BCUT2D eigenvalue weighted by Gasteiger charge is -2.19. The summed E-state index contributed by atoms with van der Waals surface area (Å²) in [6.45, 7) is 0. The summed E-state index contributed by atoms with van der Waals surface area (Å²) in [7, 11) is 1.65. The van der Waals surface area contributed by atoms with E-state index in [2.05, 4.69) is 10.6 Å². The third-order valence-electron chi connectivity index (χ3n) is 4.75. The number of nitrogens with two attached hydrogens (primary N) is 1. The lowest BCUT2D eigenvalue weighted by atomic mass is 10.0. The molecule has 0 bridgehead atoms. The highest BCUT2D eigenvalue weighted by atomic mass is 35.5. The number of nitriles is 1. The van der Waals surface area contributed by atoms with E-state index in [4.69, 9.17) is 22.6 Å². The fourth-order valence-electron chi connectivity index (χ4n) is 3.01. The van der Waals surface area contributed by atoms with Crippen molar-refractivity contribution in [2.45, 2.75) is 18.5 Å². The summed E-state index contributed by atoms with van der Waals surface area (Å²) in [5, 5.41) is 16.3. The molecule has 0 saturated carbocycles. The maximum Gasteiger partial charge on any atom is 0.241 e. The number of likely N-dealkylation sites (N-methyl/N-ethyl adjacent to an activating group) is 1. The van der Waals surface area contributed by atoms with Crippen LogP contribution in [-0.2, 0) is 4.79 Å². The van der Waals surface area contributed by atoms with E-state index in [-0.39, 0.29) is 16.5 Å². The number of halogens is 3. The molecule has 3 rings (SSSR count). The molecule has 5 nitrogen and oxygen atoms in total. The molecule has 1 amide bonds. The van der Waals surface area contributed by atoms with Crippen LogP contribution in [0.2, 0.25) is 5.02 Å². The van der Waals surface area contributed by atoms with E-state index >= 15 is 0 Å². The minimum atomic E-state index is -0.600. The predicted molar refractivity (Wildman–Crippen MR) is 119 cm³/mol. The van der Waals surface area contributed by atoms with Gasteiger partial charge in [0.2, 0.25) is 5.91 Å². The maximum atomic E-state index is 13.9. The number of thiophene rings is 1. The average molecular weight is 461 g/mol. The average Bonchev–Trinajstić information content (AvgIpc) is 3.24. The number of hydrogen-bond acceptors (Lipinski definition) is 5. The van der Waals surface area contributed by atoms with Crippen molar-refractivity contribution in [3.8, 4) is 17.2 Å². The molecule has 0 aliphatic heterocycles. The van der Waals surface area contributed by atoms with Gasteiger partial charge < -0.3 is 16.4 Å². The molecule has 0 radical (unpaired) electrons. The number of carbonyl (C=O) groups is 1. The number of benzene rings is 2. The Kier molecular flexibility index (Phi) is 7.36. The molecule has 3 aromatic rings. The Bertz CT molecular complexity index is 1140. The van der Waals surface area contributed by atoms with Crippen LogP contribution < -0.4 is 16.4 Å². The lowest BCUT2D eigenvalue weighted by molar-refractivity contribution is -0.118. The van der Waals surface area contributed by atoms with E-state index in [0.717, 1.165) is 10.4 Å². The van der Waals surface area contributed by atoms with Gasteiger partial charge in [-0.1, -0.05) is 17.7 Å². The SMILES string of the molecule is CN[C@H](C[C@H](N)c1cc(-c2ccc(C#N)c(F)c2)cs1)C(=O)Nc1ccc(F)c(Cl)c1. The summed E-state index contributed by atoms with van der Waals surface area (Å²) >= 11 is 7.16. The van der Waals surface area contributed by atoms with Gasteiger partial charge in [-0.2, -0.15) is 5.26 Å². The van der Waals surface area contributed by atoms with E-state index in [1.54, 1.807) is 19.2 Å². The second-order valence-electron chi connectivity index (χ2n) is 6.85. The molecule has 160 valence electrons. The number of nitrogens with zero attached hydrogens (tertiary/aromatic N) is 1. The van der Waals surface area contributed by atoms with Gasteiger partial charge in [-0.3, -0.25) is 4.79 Å². The van der Waals surface area contributed by atoms with Gasteiger partial charge in [0, 0.05) is 16.6 Å².